The Balaban J connectivity index is 1.75. The first-order chi connectivity index (χ1) is 21.2. The number of nitrogens with one attached hydrogen (secondary N) is 1. The van der Waals surface area contributed by atoms with Crippen LogP contribution in [0.15, 0.2) is 77.7 Å². The van der Waals surface area contributed by atoms with Gasteiger partial charge in [0, 0.05) is 12.6 Å². The molecule has 4 rings (SSSR count). The summed E-state index contributed by atoms with van der Waals surface area (Å²) < 4.78 is 40.6. The normalized spacial score (nSPS) is 14.1. The molecular formula is C34H43N3O6S. The maximum absolute atomic E-state index is 14.4. The summed E-state index contributed by atoms with van der Waals surface area (Å²) in [6.45, 7) is 5.45. The van der Waals surface area contributed by atoms with Crippen molar-refractivity contribution in [1.82, 2.24) is 10.2 Å². The Labute approximate surface area is 261 Å². The molecular weight excluding hydrogens is 578 g/mol. The minimum atomic E-state index is -4.20. The number of hydrogen-bond donors (Lipinski definition) is 1. The second-order valence-electron chi connectivity index (χ2n) is 11.0. The van der Waals surface area contributed by atoms with Crippen LogP contribution in [-0.4, -0.2) is 57.5 Å². The summed E-state index contributed by atoms with van der Waals surface area (Å²) in [6, 6.07) is 19.8. The lowest BCUT2D eigenvalue weighted by molar-refractivity contribution is -0.140. The Morgan fingerprint density at radius 3 is 2.23 bits per heavy atom. The van der Waals surface area contributed by atoms with Gasteiger partial charge in [-0.2, -0.15) is 0 Å². The van der Waals surface area contributed by atoms with E-state index in [0.717, 1.165) is 41.1 Å². The van der Waals surface area contributed by atoms with Crippen molar-refractivity contribution in [2.24, 2.45) is 0 Å². The highest BCUT2D eigenvalue weighted by Crippen LogP contribution is 2.33. The van der Waals surface area contributed by atoms with E-state index < -0.39 is 28.5 Å². The number of ether oxygens (including phenoxy) is 2. The molecule has 1 aliphatic rings. The zero-order valence-electron chi connectivity index (χ0n) is 26.0. The summed E-state index contributed by atoms with van der Waals surface area (Å²) >= 11 is 0. The monoisotopic (exact) mass is 621 g/mol. The maximum Gasteiger partial charge on any atom is 0.264 e. The van der Waals surface area contributed by atoms with Crippen molar-refractivity contribution in [3.05, 3.63) is 83.9 Å². The van der Waals surface area contributed by atoms with Crippen molar-refractivity contribution >= 4 is 27.5 Å². The minimum Gasteiger partial charge on any atom is -0.497 e. The van der Waals surface area contributed by atoms with Gasteiger partial charge in [-0.25, -0.2) is 8.42 Å². The highest BCUT2D eigenvalue weighted by molar-refractivity contribution is 7.92. The van der Waals surface area contributed by atoms with Gasteiger partial charge >= 0.3 is 0 Å². The van der Waals surface area contributed by atoms with Gasteiger partial charge in [-0.15, -0.1) is 0 Å². The van der Waals surface area contributed by atoms with E-state index in [1.54, 1.807) is 55.6 Å². The van der Waals surface area contributed by atoms with E-state index in [0.29, 0.717) is 24.5 Å². The molecule has 0 unspecified atom stereocenters. The molecule has 1 N–H and O–H groups in total. The van der Waals surface area contributed by atoms with E-state index in [4.69, 9.17) is 9.47 Å². The third-order valence-electron chi connectivity index (χ3n) is 7.92. The number of carbonyl (C=O) groups is 2. The lowest BCUT2D eigenvalue weighted by atomic mass is 10.1. The van der Waals surface area contributed by atoms with Crippen LogP contribution >= 0.6 is 0 Å². The number of carbonyl (C=O) groups excluding carboxylic acids is 2. The van der Waals surface area contributed by atoms with E-state index in [9.17, 15) is 18.0 Å². The first kappa shape index (κ1) is 32.9. The molecule has 0 saturated heterocycles. The molecule has 10 heteroatoms. The second kappa shape index (κ2) is 15.1. The van der Waals surface area contributed by atoms with Crippen molar-refractivity contribution in [3.63, 3.8) is 0 Å². The molecule has 44 heavy (non-hydrogen) atoms. The van der Waals surface area contributed by atoms with Crippen LogP contribution in [0, 0.1) is 6.92 Å². The molecule has 0 radical (unpaired) electrons. The van der Waals surface area contributed by atoms with E-state index >= 15 is 0 Å². The predicted octanol–water partition coefficient (Wildman–Crippen LogP) is 5.46. The third kappa shape index (κ3) is 7.91. The van der Waals surface area contributed by atoms with Gasteiger partial charge in [0.15, 0.2) is 0 Å². The fraction of sp³-hybridized carbons (Fsp3) is 0.412. The van der Waals surface area contributed by atoms with Crippen molar-refractivity contribution in [3.8, 4) is 11.5 Å². The fourth-order valence-corrected chi connectivity index (χ4v) is 6.93. The highest BCUT2D eigenvalue weighted by atomic mass is 32.2. The molecule has 2 amide bonds. The third-order valence-corrected chi connectivity index (χ3v) is 9.70. The van der Waals surface area contributed by atoms with Crippen LogP contribution in [0.5, 0.6) is 11.5 Å². The average Bonchev–Trinajstić information content (AvgIpc) is 3.53. The molecule has 1 saturated carbocycles. The van der Waals surface area contributed by atoms with Crippen LogP contribution in [0.25, 0.3) is 0 Å². The van der Waals surface area contributed by atoms with E-state index in [2.05, 4.69) is 5.32 Å². The number of nitrogens with zero attached hydrogens (tertiary/aromatic N) is 2. The van der Waals surface area contributed by atoms with Gasteiger partial charge < -0.3 is 19.7 Å². The highest BCUT2D eigenvalue weighted by Gasteiger charge is 2.35. The number of anilines is 1. The summed E-state index contributed by atoms with van der Waals surface area (Å²) in [5, 5.41) is 3.14. The summed E-state index contributed by atoms with van der Waals surface area (Å²) in [7, 11) is -2.63. The summed E-state index contributed by atoms with van der Waals surface area (Å²) in [5.74, 6) is 0.270. The second-order valence-corrected chi connectivity index (χ2v) is 12.9. The first-order valence-electron chi connectivity index (χ1n) is 15.2. The molecule has 0 bridgehead atoms. The Morgan fingerprint density at radius 2 is 1.61 bits per heavy atom. The standard InChI is InChI=1S/C34H43N3O6S/c1-5-30(34(39)35-27-11-7-8-12-27)36(23-26-17-19-28(42-4)20-18-26)33(38)24-37(31-13-9-10-14-32(31)43-6-2)44(40,41)29-21-15-25(3)16-22-29/h9-10,13-22,27,30H,5-8,11-12,23-24H2,1-4H3,(H,35,39)/t30-/m0/s1. The summed E-state index contributed by atoms with van der Waals surface area (Å²) in [6.07, 6.45) is 4.29. The summed E-state index contributed by atoms with van der Waals surface area (Å²) in [5.41, 5.74) is 1.94. The number of aryl methyl sites for hydroxylation is 1. The average molecular weight is 622 g/mol. The molecule has 0 spiro atoms. The van der Waals surface area contributed by atoms with Gasteiger partial charge in [0.05, 0.1) is 24.3 Å². The maximum atomic E-state index is 14.4. The van der Waals surface area contributed by atoms with E-state index in [-0.39, 0.29) is 29.1 Å². The van der Waals surface area contributed by atoms with Gasteiger partial charge in [-0.3, -0.25) is 13.9 Å². The SMILES string of the molecule is CCOc1ccccc1N(CC(=O)N(Cc1ccc(OC)cc1)[C@@H](CC)C(=O)NC1CCCC1)S(=O)(=O)c1ccc(C)cc1. The molecule has 236 valence electrons. The number of hydrogen-bond acceptors (Lipinski definition) is 6. The smallest absolute Gasteiger partial charge is 0.264 e. The molecule has 0 heterocycles. The van der Waals surface area contributed by atoms with Gasteiger partial charge in [-0.1, -0.05) is 61.7 Å². The Morgan fingerprint density at radius 1 is 0.955 bits per heavy atom. The first-order valence-corrected chi connectivity index (χ1v) is 16.7. The zero-order chi connectivity index (χ0) is 31.7. The topological polar surface area (TPSA) is 105 Å². The van der Waals surface area contributed by atoms with Crippen molar-refractivity contribution < 1.29 is 27.5 Å². The quantitative estimate of drug-likeness (QED) is 0.256. The molecule has 3 aromatic rings. The Hall–Kier alpha value is -4.05. The Bertz CT molecular complexity index is 1500. The van der Waals surface area contributed by atoms with Crippen LogP contribution in [0.3, 0.4) is 0 Å². The number of methoxy groups -OCH3 is 1. The lowest BCUT2D eigenvalue weighted by Gasteiger charge is -2.34. The van der Waals surface area contributed by atoms with Crippen LogP contribution < -0.4 is 19.1 Å². The fourth-order valence-electron chi connectivity index (χ4n) is 5.51. The van der Waals surface area contributed by atoms with E-state index in [1.165, 1.54) is 17.0 Å². The predicted molar refractivity (Wildman–Crippen MR) is 171 cm³/mol. The molecule has 0 aliphatic heterocycles. The Kier molecular flexibility index (Phi) is 11.3. The lowest BCUT2D eigenvalue weighted by Crippen LogP contribution is -2.53. The van der Waals surface area contributed by atoms with Gasteiger partial charge in [0.1, 0.15) is 24.1 Å². The van der Waals surface area contributed by atoms with Crippen molar-refractivity contribution in [2.45, 2.75) is 76.4 Å². The molecule has 1 atom stereocenters. The van der Waals surface area contributed by atoms with Crippen LogP contribution in [0.1, 0.15) is 57.1 Å². The number of amides is 2. The molecule has 1 aliphatic carbocycles. The zero-order valence-corrected chi connectivity index (χ0v) is 26.8. The molecule has 0 aromatic heterocycles. The van der Waals surface area contributed by atoms with E-state index in [1.807, 2.05) is 32.9 Å². The number of rotatable bonds is 14. The van der Waals surface area contributed by atoms with Gasteiger partial charge in [0.2, 0.25) is 11.8 Å². The van der Waals surface area contributed by atoms with Crippen molar-refractivity contribution in [2.75, 3.05) is 24.6 Å². The number of para-hydroxylation sites is 2. The van der Waals surface area contributed by atoms with Gasteiger partial charge in [0.25, 0.3) is 10.0 Å². The van der Waals surface area contributed by atoms with Crippen LogP contribution in [-0.2, 0) is 26.2 Å². The molecule has 3 aromatic carbocycles. The van der Waals surface area contributed by atoms with Crippen molar-refractivity contribution in [1.29, 1.82) is 0 Å². The molecule has 9 nitrogen and oxygen atoms in total. The number of sulfonamides is 1. The largest absolute Gasteiger partial charge is 0.497 e. The van der Waals surface area contributed by atoms with Gasteiger partial charge in [-0.05, 0) is 75.1 Å². The number of benzene rings is 3. The summed E-state index contributed by atoms with van der Waals surface area (Å²) in [4.78, 5) is 29.6. The van der Waals surface area contributed by atoms with Crippen LogP contribution in [0.4, 0.5) is 5.69 Å². The van der Waals surface area contributed by atoms with Crippen LogP contribution in [0.2, 0.25) is 0 Å². The minimum absolute atomic E-state index is 0.0509. The molecule has 1 fully saturated rings.